The number of esters is 1. The van der Waals surface area contributed by atoms with Crippen molar-refractivity contribution in [2.24, 2.45) is 0 Å². The second-order valence-corrected chi connectivity index (χ2v) is 6.95. The summed E-state index contributed by atoms with van der Waals surface area (Å²) in [5.74, 6) is 0.416. The number of carbonyl (C=O) groups excluding carboxylic acids is 1. The number of ether oxygens (including phenoxy) is 2. The fraction of sp³-hybridized carbons (Fsp3) is 0.350. The van der Waals surface area contributed by atoms with Gasteiger partial charge in [0.15, 0.2) is 0 Å². The molecule has 0 spiro atoms. The Morgan fingerprint density at radius 2 is 1.73 bits per heavy atom. The predicted molar refractivity (Wildman–Crippen MR) is 107 cm³/mol. The van der Waals surface area contributed by atoms with Gasteiger partial charge in [-0.15, -0.1) is 0 Å². The van der Waals surface area contributed by atoms with Crippen molar-refractivity contribution in [1.29, 1.82) is 0 Å². The normalized spacial score (nSPS) is 10.5. The van der Waals surface area contributed by atoms with E-state index in [2.05, 4.69) is 25.2 Å². The van der Waals surface area contributed by atoms with Gasteiger partial charge in [-0.2, -0.15) is 0 Å². The maximum absolute atomic E-state index is 11.9. The van der Waals surface area contributed by atoms with Crippen molar-refractivity contribution in [1.82, 2.24) is 0 Å². The molecular weight excluding hydrogens is 373 g/mol. The molecule has 0 saturated carbocycles. The summed E-state index contributed by atoms with van der Waals surface area (Å²) < 4.78 is 10.6. The summed E-state index contributed by atoms with van der Waals surface area (Å²) in [7, 11) is 1.32. The first-order valence-corrected chi connectivity index (χ1v) is 9.18. The molecule has 0 heterocycles. The van der Waals surface area contributed by atoms with Gasteiger partial charge in [-0.3, -0.25) is 0 Å². The molecule has 2 aromatic rings. The maximum atomic E-state index is 11.9. The van der Waals surface area contributed by atoms with Gasteiger partial charge in [-0.05, 0) is 62.1 Å². The van der Waals surface area contributed by atoms with E-state index in [1.807, 2.05) is 12.1 Å². The predicted octanol–water partition coefficient (Wildman–Crippen LogP) is 5.67. The number of benzene rings is 2. The highest BCUT2D eigenvalue weighted by molar-refractivity contribution is 6.37. The van der Waals surface area contributed by atoms with E-state index in [0.717, 1.165) is 18.6 Å². The lowest BCUT2D eigenvalue weighted by Gasteiger charge is -2.13. The van der Waals surface area contributed by atoms with E-state index >= 15 is 0 Å². The number of carbonyl (C=O) groups is 1. The van der Waals surface area contributed by atoms with Crippen LogP contribution in [0.1, 0.15) is 34.3 Å². The number of hydrogen-bond donors (Lipinski definition) is 1. The zero-order valence-electron chi connectivity index (χ0n) is 15.2. The van der Waals surface area contributed by atoms with Crippen LogP contribution < -0.4 is 10.1 Å². The largest absolute Gasteiger partial charge is 0.494 e. The molecule has 26 heavy (non-hydrogen) atoms. The summed E-state index contributed by atoms with van der Waals surface area (Å²) in [5, 5.41) is 3.98. The number of halogens is 2. The van der Waals surface area contributed by atoms with Crippen molar-refractivity contribution < 1.29 is 14.3 Å². The minimum Gasteiger partial charge on any atom is -0.494 e. The minimum absolute atomic E-state index is 0.330. The molecule has 140 valence electrons. The van der Waals surface area contributed by atoms with Crippen LogP contribution in [-0.4, -0.2) is 26.2 Å². The molecule has 2 aromatic carbocycles. The smallest absolute Gasteiger partial charge is 0.340 e. The first-order valence-electron chi connectivity index (χ1n) is 8.43. The average Bonchev–Trinajstić information content (AvgIpc) is 2.57. The Balaban J connectivity index is 1.84. The Bertz CT molecular complexity index is 758. The number of anilines is 1. The quantitative estimate of drug-likeness (QED) is 0.462. The van der Waals surface area contributed by atoms with Gasteiger partial charge in [0.1, 0.15) is 5.75 Å². The van der Waals surface area contributed by atoms with Gasteiger partial charge in [0.05, 0.1) is 30.0 Å². The summed E-state index contributed by atoms with van der Waals surface area (Å²) in [5.41, 5.74) is 3.25. The van der Waals surface area contributed by atoms with Gasteiger partial charge in [-0.25, -0.2) is 4.79 Å². The first-order chi connectivity index (χ1) is 12.4. The topological polar surface area (TPSA) is 47.6 Å². The number of methoxy groups -OCH3 is 1. The number of nitrogens with one attached hydrogen (secondary N) is 1. The Hall–Kier alpha value is -1.91. The highest BCUT2D eigenvalue weighted by Gasteiger charge is 2.16. The van der Waals surface area contributed by atoms with Crippen LogP contribution in [0.15, 0.2) is 30.3 Å². The molecule has 0 saturated heterocycles. The van der Waals surface area contributed by atoms with Gasteiger partial charge in [0, 0.05) is 11.6 Å². The first kappa shape index (κ1) is 20.4. The van der Waals surface area contributed by atoms with E-state index in [9.17, 15) is 4.79 Å². The molecule has 0 amide bonds. The van der Waals surface area contributed by atoms with E-state index in [0.29, 0.717) is 34.4 Å². The molecule has 0 aliphatic heterocycles. The second kappa shape index (κ2) is 9.70. The van der Waals surface area contributed by atoms with Crippen LogP contribution in [-0.2, 0) is 4.74 Å². The van der Waals surface area contributed by atoms with Gasteiger partial charge in [0.2, 0.25) is 0 Å². The monoisotopic (exact) mass is 395 g/mol. The lowest BCUT2D eigenvalue weighted by molar-refractivity contribution is 0.0602. The second-order valence-electron chi connectivity index (χ2n) is 6.11. The zero-order chi connectivity index (χ0) is 19.1. The molecule has 6 heteroatoms. The van der Waals surface area contributed by atoms with Crippen molar-refractivity contribution in [2.75, 3.05) is 25.6 Å². The van der Waals surface area contributed by atoms with Crippen molar-refractivity contribution in [3.8, 4) is 5.75 Å². The molecule has 1 N–H and O–H groups in total. The Morgan fingerprint density at radius 1 is 1.04 bits per heavy atom. The minimum atomic E-state index is -0.477. The molecule has 0 fully saturated rings. The lowest BCUT2D eigenvalue weighted by atomic mass is 10.1. The molecule has 0 aliphatic rings. The molecule has 4 nitrogen and oxygen atoms in total. The SMILES string of the molecule is COC(=O)c1cc(Cl)cc(Cl)c1NCCCCOc1cc(C)cc(C)c1. The summed E-state index contributed by atoms with van der Waals surface area (Å²) in [6.07, 6.45) is 1.74. The third-order valence-electron chi connectivity index (χ3n) is 3.80. The molecule has 0 bridgehead atoms. The van der Waals surface area contributed by atoms with E-state index in [1.165, 1.54) is 18.2 Å². The maximum Gasteiger partial charge on any atom is 0.340 e. The molecular formula is C20H23Cl2NO3. The molecule has 0 unspecified atom stereocenters. The fourth-order valence-corrected chi connectivity index (χ4v) is 3.23. The van der Waals surface area contributed by atoms with E-state index in [-0.39, 0.29) is 0 Å². The van der Waals surface area contributed by atoms with Gasteiger partial charge >= 0.3 is 5.97 Å². The Morgan fingerprint density at radius 3 is 2.38 bits per heavy atom. The van der Waals surface area contributed by atoms with Crippen molar-refractivity contribution >= 4 is 34.9 Å². The molecule has 0 atom stereocenters. The third kappa shape index (κ3) is 5.82. The summed E-state index contributed by atoms with van der Waals surface area (Å²) >= 11 is 12.2. The molecule has 0 radical (unpaired) electrons. The number of aryl methyl sites for hydroxylation is 2. The summed E-state index contributed by atoms with van der Waals surface area (Å²) in [6.45, 7) is 5.39. The van der Waals surface area contributed by atoms with Crippen LogP contribution in [0.5, 0.6) is 5.75 Å². The van der Waals surface area contributed by atoms with Crippen LogP contribution in [0.3, 0.4) is 0 Å². The van der Waals surface area contributed by atoms with Gasteiger partial charge in [0.25, 0.3) is 0 Å². The highest BCUT2D eigenvalue weighted by Crippen LogP contribution is 2.30. The molecule has 0 aromatic heterocycles. The van der Waals surface area contributed by atoms with E-state index in [1.54, 1.807) is 12.1 Å². The van der Waals surface area contributed by atoms with Crippen LogP contribution >= 0.6 is 23.2 Å². The average molecular weight is 396 g/mol. The number of unbranched alkanes of at least 4 members (excludes halogenated alkanes) is 1. The van der Waals surface area contributed by atoms with Crippen LogP contribution in [0.25, 0.3) is 0 Å². The summed E-state index contributed by atoms with van der Waals surface area (Å²) in [6, 6.07) is 9.32. The van der Waals surface area contributed by atoms with Crippen molar-refractivity contribution in [3.05, 3.63) is 57.1 Å². The van der Waals surface area contributed by atoms with Crippen LogP contribution in [0, 0.1) is 13.8 Å². The van der Waals surface area contributed by atoms with Gasteiger partial charge in [-0.1, -0.05) is 29.3 Å². The fourth-order valence-electron chi connectivity index (χ4n) is 2.67. The van der Waals surface area contributed by atoms with Gasteiger partial charge < -0.3 is 14.8 Å². The lowest BCUT2D eigenvalue weighted by Crippen LogP contribution is -2.11. The van der Waals surface area contributed by atoms with Crippen LogP contribution in [0.4, 0.5) is 5.69 Å². The van der Waals surface area contributed by atoms with E-state index < -0.39 is 5.97 Å². The summed E-state index contributed by atoms with van der Waals surface area (Å²) in [4.78, 5) is 11.9. The van der Waals surface area contributed by atoms with Crippen molar-refractivity contribution in [2.45, 2.75) is 26.7 Å². The Kier molecular flexibility index (Phi) is 7.61. The van der Waals surface area contributed by atoms with Crippen LogP contribution in [0.2, 0.25) is 10.0 Å². The number of hydrogen-bond acceptors (Lipinski definition) is 4. The molecule has 2 rings (SSSR count). The molecule has 0 aliphatic carbocycles. The van der Waals surface area contributed by atoms with E-state index in [4.69, 9.17) is 32.7 Å². The van der Waals surface area contributed by atoms with Crippen molar-refractivity contribution in [3.63, 3.8) is 0 Å². The number of rotatable bonds is 8. The zero-order valence-corrected chi connectivity index (χ0v) is 16.7. The highest BCUT2D eigenvalue weighted by atomic mass is 35.5. The third-order valence-corrected chi connectivity index (χ3v) is 4.31. The Labute approximate surface area is 164 Å². The standard InChI is InChI=1S/C20H23Cl2NO3/c1-13-8-14(2)10-16(9-13)26-7-5-4-6-23-19-17(20(24)25-3)11-15(21)12-18(19)22/h8-12,23H,4-7H2,1-3H3.